The molecular formula is C20H20FN5O. The number of anilines is 3. The fourth-order valence-corrected chi connectivity index (χ4v) is 2.54. The zero-order valence-corrected chi connectivity index (χ0v) is 15.0. The Kier molecular flexibility index (Phi) is 5.30. The predicted octanol–water partition coefficient (Wildman–Crippen LogP) is 3.75. The van der Waals surface area contributed by atoms with Crippen molar-refractivity contribution in [1.29, 1.82) is 0 Å². The topological polar surface area (TPSA) is 92.9 Å². The van der Waals surface area contributed by atoms with Crippen LogP contribution in [0.2, 0.25) is 0 Å². The van der Waals surface area contributed by atoms with Gasteiger partial charge < -0.3 is 16.4 Å². The van der Waals surface area contributed by atoms with Crippen LogP contribution in [0.1, 0.15) is 24.2 Å². The molecule has 0 bridgehead atoms. The van der Waals surface area contributed by atoms with Crippen LogP contribution in [0.5, 0.6) is 0 Å². The first-order valence-electron chi connectivity index (χ1n) is 8.49. The number of nitrogens with one attached hydrogen (secondary N) is 2. The molecule has 0 radical (unpaired) electrons. The van der Waals surface area contributed by atoms with Gasteiger partial charge in [-0.3, -0.25) is 4.79 Å². The van der Waals surface area contributed by atoms with E-state index in [4.69, 9.17) is 5.73 Å². The summed E-state index contributed by atoms with van der Waals surface area (Å²) in [5.41, 5.74) is 7.92. The van der Waals surface area contributed by atoms with Gasteiger partial charge in [0.15, 0.2) is 0 Å². The van der Waals surface area contributed by atoms with Crippen molar-refractivity contribution >= 4 is 23.4 Å². The van der Waals surface area contributed by atoms with E-state index in [1.54, 1.807) is 12.1 Å². The fourth-order valence-electron chi connectivity index (χ4n) is 2.54. The van der Waals surface area contributed by atoms with Gasteiger partial charge in [-0.25, -0.2) is 9.37 Å². The van der Waals surface area contributed by atoms with Gasteiger partial charge in [-0.1, -0.05) is 30.3 Å². The van der Waals surface area contributed by atoms with Crippen LogP contribution in [0.4, 0.5) is 21.8 Å². The molecule has 27 heavy (non-hydrogen) atoms. The standard InChI is InChI=1S/C20H20FN5O/c1-12(2)24-19(27)16-11-23-20(26-18(16)22)25-14-8-9-17(21)15(10-14)13-6-4-3-5-7-13/h3-12H,1-2H3,(H,24,27)(H3,22,23,25,26). The third-order valence-electron chi connectivity index (χ3n) is 3.79. The lowest BCUT2D eigenvalue weighted by atomic mass is 10.0. The maximum absolute atomic E-state index is 14.2. The van der Waals surface area contributed by atoms with Crippen molar-refractivity contribution < 1.29 is 9.18 Å². The van der Waals surface area contributed by atoms with Crippen molar-refractivity contribution in [2.24, 2.45) is 0 Å². The van der Waals surface area contributed by atoms with Crippen LogP contribution in [0.25, 0.3) is 11.1 Å². The van der Waals surface area contributed by atoms with Crippen LogP contribution < -0.4 is 16.4 Å². The number of carbonyl (C=O) groups excluding carboxylic acids is 1. The number of carbonyl (C=O) groups is 1. The summed E-state index contributed by atoms with van der Waals surface area (Å²) in [6, 6.07) is 13.8. The second-order valence-corrected chi connectivity index (χ2v) is 6.31. The monoisotopic (exact) mass is 365 g/mol. The van der Waals surface area contributed by atoms with Gasteiger partial charge in [-0.2, -0.15) is 4.98 Å². The first-order chi connectivity index (χ1) is 12.9. The molecule has 7 heteroatoms. The van der Waals surface area contributed by atoms with Gasteiger partial charge in [0, 0.05) is 23.5 Å². The van der Waals surface area contributed by atoms with E-state index in [1.165, 1.54) is 12.3 Å². The lowest BCUT2D eigenvalue weighted by molar-refractivity contribution is 0.0943. The zero-order valence-electron chi connectivity index (χ0n) is 15.0. The molecule has 0 spiro atoms. The minimum atomic E-state index is -0.331. The number of aromatic nitrogens is 2. The highest BCUT2D eigenvalue weighted by Gasteiger charge is 2.14. The third kappa shape index (κ3) is 4.38. The van der Waals surface area contributed by atoms with E-state index in [-0.39, 0.29) is 35.1 Å². The summed E-state index contributed by atoms with van der Waals surface area (Å²) in [5.74, 6) is -0.370. The molecule has 0 aliphatic heterocycles. The first-order valence-corrected chi connectivity index (χ1v) is 8.49. The molecule has 3 aromatic rings. The lowest BCUT2D eigenvalue weighted by Crippen LogP contribution is -2.31. The van der Waals surface area contributed by atoms with Crippen molar-refractivity contribution in [1.82, 2.24) is 15.3 Å². The smallest absolute Gasteiger partial charge is 0.256 e. The highest BCUT2D eigenvalue weighted by atomic mass is 19.1. The molecule has 0 atom stereocenters. The first kappa shape index (κ1) is 18.3. The summed E-state index contributed by atoms with van der Waals surface area (Å²) in [4.78, 5) is 20.3. The second kappa shape index (κ2) is 7.82. The maximum Gasteiger partial charge on any atom is 0.256 e. The summed E-state index contributed by atoms with van der Waals surface area (Å²) in [7, 11) is 0. The molecule has 1 amide bonds. The Morgan fingerprint density at radius 3 is 2.56 bits per heavy atom. The highest BCUT2D eigenvalue weighted by molar-refractivity contribution is 5.98. The molecule has 3 rings (SSSR count). The number of amides is 1. The average molecular weight is 365 g/mol. The fraction of sp³-hybridized carbons (Fsp3) is 0.150. The molecule has 0 saturated carbocycles. The molecule has 0 saturated heterocycles. The van der Waals surface area contributed by atoms with Gasteiger partial charge in [0.1, 0.15) is 11.6 Å². The molecular weight excluding hydrogens is 345 g/mol. The Hall–Kier alpha value is -3.48. The summed E-state index contributed by atoms with van der Waals surface area (Å²) in [6.45, 7) is 3.70. The molecule has 0 aliphatic rings. The molecule has 0 unspecified atom stereocenters. The van der Waals surface area contributed by atoms with Crippen LogP contribution in [0, 0.1) is 5.82 Å². The van der Waals surface area contributed by atoms with Gasteiger partial charge in [0.25, 0.3) is 5.91 Å². The summed E-state index contributed by atoms with van der Waals surface area (Å²) in [5, 5.41) is 5.73. The number of rotatable bonds is 5. The van der Waals surface area contributed by atoms with E-state index in [1.807, 2.05) is 44.2 Å². The van der Waals surface area contributed by atoms with E-state index in [9.17, 15) is 9.18 Å². The van der Waals surface area contributed by atoms with Gasteiger partial charge >= 0.3 is 0 Å². The number of nitrogen functional groups attached to an aromatic ring is 1. The largest absolute Gasteiger partial charge is 0.383 e. The van der Waals surface area contributed by atoms with Crippen LogP contribution in [0.3, 0.4) is 0 Å². The number of halogens is 1. The number of nitrogens with two attached hydrogens (primary N) is 1. The quantitative estimate of drug-likeness (QED) is 0.640. The normalized spacial score (nSPS) is 10.7. The van der Waals surface area contributed by atoms with Crippen LogP contribution >= 0.6 is 0 Å². The third-order valence-corrected chi connectivity index (χ3v) is 3.79. The second-order valence-electron chi connectivity index (χ2n) is 6.31. The van der Waals surface area contributed by atoms with E-state index < -0.39 is 0 Å². The maximum atomic E-state index is 14.2. The van der Waals surface area contributed by atoms with Crippen molar-refractivity contribution in [3.05, 3.63) is 66.1 Å². The molecule has 6 nitrogen and oxygen atoms in total. The average Bonchev–Trinajstić information content (AvgIpc) is 2.63. The van der Waals surface area contributed by atoms with Crippen LogP contribution in [-0.2, 0) is 0 Å². The van der Waals surface area contributed by atoms with E-state index >= 15 is 0 Å². The van der Waals surface area contributed by atoms with Crippen molar-refractivity contribution in [2.75, 3.05) is 11.1 Å². The molecule has 2 aromatic carbocycles. The van der Waals surface area contributed by atoms with Crippen molar-refractivity contribution in [3.63, 3.8) is 0 Å². The Balaban J connectivity index is 1.84. The van der Waals surface area contributed by atoms with Crippen molar-refractivity contribution in [3.8, 4) is 11.1 Å². The molecule has 0 fully saturated rings. The Morgan fingerprint density at radius 2 is 1.89 bits per heavy atom. The minimum absolute atomic E-state index is 0.0228. The van der Waals surface area contributed by atoms with Crippen LogP contribution in [0.15, 0.2) is 54.7 Å². The molecule has 4 N–H and O–H groups in total. The van der Waals surface area contributed by atoms with Gasteiger partial charge in [-0.15, -0.1) is 0 Å². The summed E-state index contributed by atoms with van der Waals surface area (Å²) >= 11 is 0. The number of hydrogen-bond acceptors (Lipinski definition) is 5. The SMILES string of the molecule is CC(C)NC(=O)c1cnc(Nc2ccc(F)c(-c3ccccc3)c2)nc1N. The molecule has 138 valence electrons. The van der Waals surface area contributed by atoms with E-state index in [0.29, 0.717) is 11.3 Å². The molecule has 1 aromatic heterocycles. The predicted molar refractivity (Wildman–Crippen MR) is 104 cm³/mol. The minimum Gasteiger partial charge on any atom is -0.383 e. The van der Waals surface area contributed by atoms with Gasteiger partial charge in [-0.05, 0) is 37.6 Å². The van der Waals surface area contributed by atoms with E-state index in [2.05, 4.69) is 20.6 Å². The summed E-state index contributed by atoms with van der Waals surface area (Å²) < 4.78 is 14.2. The van der Waals surface area contributed by atoms with Crippen LogP contribution in [-0.4, -0.2) is 21.9 Å². The molecule has 0 aliphatic carbocycles. The van der Waals surface area contributed by atoms with E-state index in [0.717, 1.165) is 5.56 Å². The number of nitrogens with zero attached hydrogens (tertiary/aromatic N) is 2. The van der Waals surface area contributed by atoms with Gasteiger partial charge in [0.2, 0.25) is 5.95 Å². The number of hydrogen-bond donors (Lipinski definition) is 3. The molecule has 1 heterocycles. The Labute approximate surface area is 156 Å². The summed E-state index contributed by atoms with van der Waals surface area (Å²) in [6.07, 6.45) is 1.37. The lowest BCUT2D eigenvalue weighted by Gasteiger charge is -2.11. The van der Waals surface area contributed by atoms with Crippen molar-refractivity contribution in [2.45, 2.75) is 19.9 Å². The van der Waals surface area contributed by atoms with Gasteiger partial charge in [0.05, 0.1) is 5.56 Å². The zero-order chi connectivity index (χ0) is 19.4. The Bertz CT molecular complexity index is 960. The highest BCUT2D eigenvalue weighted by Crippen LogP contribution is 2.27. The Morgan fingerprint density at radius 1 is 1.15 bits per heavy atom. The number of benzene rings is 2.